The summed E-state index contributed by atoms with van der Waals surface area (Å²) in [6.07, 6.45) is 0. The average molecular weight is 297 g/mol. The van der Waals surface area contributed by atoms with E-state index in [4.69, 9.17) is 0 Å². The maximum absolute atomic E-state index is 12.7. The zero-order valence-electron chi connectivity index (χ0n) is 13.4. The number of para-hydroxylation sites is 2. The molecule has 0 radical (unpaired) electrons. The quantitative estimate of drug-likeness (QED) is 0.890. The van der Waals surface area contributed by atoms with Crippen molar-refractivity contribution in [3.63, 3.8) is 0 Å². The van der Waals surface area contributed by atoms with Crippen molar-refractivity contribution in [1.29, 1.82) is 0 Å². The number of benzene rings is 2. The molecule has 0 aliphatic heterocycles. The normalized spacial score (nSPS) is 10.3. The zero-order valence-corrected chi connectivity index (χ0v) is 13.4. The first-order valence-electron chi connectivity index (χ1n) is 7.43. The molecule has 0 spiro atoms. The molecule has 22 heavy (non-hydrogen) atoms. The van der Waals surface area contributed by atoms with Crippen molar-refractivity contribution in [2.45, 2.75) is 0 Å². The molecule has 0 aliphatic carbocycles. The number of carbonyl (C=O) groups excluding carboxylic acids is 1. The molecule has 0 unspecified atom stereocenters. The Kier molecular flexibility index (Phi) is 5.55. The third kappa shape index (κ3) is 3.65. The SMILES string of the molecule is CNCCN(C)C(=O)c1ccccc1N(C)c1ccccc1. The number of carbonyl (C=O) groups is 1. The lowest BCUT2D eigenvalue weighted by atomic mass is 10.1. The topological polar surface area (TPSA) is 35.6 Å². The van der Waals surface area contributed by atoms with Crippen LogP contribution < -0.4 is 10.2 Å². The molecule has 0 saturated carbocycles. The lowest BCUT2D eigenvalue weighted by Crippen LogP contribution is -2.33. The van der Waals surface area contributed by atoms with Gasteiger partial charge in [-0.1, -0.05) is 30.3 Å². The summed E-state index contributed by atoms with van der Waals surface area (Å²) in [7, 11) is 5.70. The first kappa shape index (κ1) is 16.0. The Morgan fingerprint density at radius 3 is 2.32 bits per heavy atom. The average Bonchev–Trinajstić information content (AvgIpc) is 2.59. The Bertz CT molecular complexity index is 613. The molecule has 0 bridgehead atoms. The molecule has 0 fully saturated rings. The molecule has 0 heterocycles. The number of anilines is 2. The summed E-state index contributed by atoms with van der Waals surface area (Å²) in [5.41, 5.74) is 2.68. The van der Waals surface area contributed by atoms with Crippen LogP contribution in [0.15, 0.2) is 54.6 Å². The van der Waals surface area contributed by atoms with Gasteiger partial charge in [-0.25, -0.2) is 0 Å². The fourth-order valence-electron chi connectivity index (χ4n) is 2.32. The Hall–Kier alpha value is -2.33. The molecule has 2 aromatic carbocycles. The molecule has 2 rings (SSSR count). The molecular weight excluding hydrogens is 274 g/mol. The number of likely N-dealkylation sites (N-methyl/N-ethyl adjacent to an activating group) is 2. The Morgan fingerprint density at radius 1 is 1.00 bits per heavy atom. The number of hydrogen-bond acceptors (Lipinski definition) is 3. The standard InChI is InChI=1S/C18H23N3O/c1-19-13-14-20(2)18(22)16-11-7-8-12-17(16)21(3)15-9-5-4-6-10-15/h4-12,19H,13-14H2,1-3H3. The molecule has 4 heteroatoms. The van der Waals surface area contributed by atoms with E-state index in [0.717, 1.165) is 17.9 Å². The summed E-state index contributed by atoms with van der Waals surface area (Å²) >= 11 is 0. The summed E-state index contributed by atoms with van der Waals surface area (Å²) in [4.78, 5) is 16.5. The summed E-state index contributed by atoms with van der Waals surface area (Å²) in [5, 5.41) is 3.06. The minimum absolute atomic E-state index is 0.0358. The van der Waals surface area contributed by atoms with Crippen LogP contribution in [0.4, 0.5) is 11.4 Å². The first-order valence-corrected chi connectivity index (χ1v) is 7.43. The first-order chi connectivity index (χ1) is 10.6. The molecule has 1 amide bonds. The van der Waals surface area contributed by atoms with Crippen LogP contribution in [0, 0.1) is 0 Å². The fraction of sp³-hybridized carbons (Fsp3) is 0.278. The van der Waals surface area contributed by atoms with Gasteiger partial charge in [0.2, 0.25) is 0 Å². The van der Waals surface area contributed by atoms with Gasteiger partial charge in [0.25, 0.3) is 5.91 Å². The van der Waals surface area contributed by atoms with Gasteiger partial charge in [0, 0.05) is 32.9 Å². The minimum atomic E-state index is 0.0358. The number of amides is 1. The fourth-order valence-corrected chi connectivity index (χ4v) is 2.32. The predicted octanol–water partition coefficient (Wildman–Crippen LogP) is 2.75. The largest absolute Gasteiger partial charge is 0.344 e. The molecule has 0 aliphatic rings. The van der Waals surface area contributed by atoms with Gasteiger partial charge in [-0.3, -0.25) is 4.79 Å². The number of nitrogens with one attached hydrogen (secondary N) is 1. The summed E-state index contributed by atoms with van der Waals surface area (Å²) < 4.78 is 0. The maximum atomic E-state index is 12.7. The van der Waals surface area contributed by atoms with Gasteiger partial charge in [-0.05, 0) is 31.3 Å². The van der Waals surface area contributed by atoms with Gasteiger partial charge in [-0.2, -0.15) is 0 Å². The van der Waals surface area contributed by atoms with Crippen LogP contribution in [-0.2, 0) is 0 Å². The van der Waals surface area contributed by atoms with E-state index in [0.29, 0.717) is 12.1 Å². The van der Waals surface area contributed by atoms with E-state index < -0.39 is 0 Å². The number of hydrogen-bond donors (Lipinski definition) is 1. The molecule has 0 aromatic heterocycles. The third-order valence-corrected chi connectivity index (χ3v) is 3.68. The molecule has 2 aromatic rings. The van der Waals surface area contributed by atoms with E-state index in [1.165, 1.54) is 0 Å². The van der Waals surface area contributed by atoms with Gasteiger partial charge in [-0.15, -0.1) is 0 Å². The van der Waals surface area contributed by atoms with E-state index >= 15 is 0 Å². The maximum Gasteiger partial charge on any atom is 0.255 e. The molecular formula is C18H23N3O. The molecule has 4 nitrogen and oxygen atoms in total. The van der Waals surface area contributed by atoms with Crippen molar-refractivity contribution in [1.82, 2.24) is 10.2 Å². The second-order valence-electron chi connectivity index (χ2n) is 5.24. The van der Waals surface area contributed by atoms with Crippen molar-refractivity contribution < 1.29 is 4.79 Å². The second kappa shape index (κ2) is 7.61. The Morgan fingerprint density at radius 2 is 1.64 bits per heavy atom. The smallest absolute Gasteiger partial charge is 0.255 e. The molecule has 1 N–H and O–H groups in total. The minimum Gasteiger partial charge on any atom is -0.344 e. The van der Waals surface area contributed by atoms with Crippen molar-refractivity contribution in [3.05, 3.63) is 60.2 Å². The van der Waals surface area contributed by atoms with E-state index in [1.54, 1.807) is 4.90 Å². The van der Waals surface area contributed by atoms with Crippen molar-refractivity contribution >= 4 is 17.3 Å². The van der Waals surface area contributed by atoms with Gasteiger partial charge >= 0.3 is 0 Å². The van der Waals surface area contributed by atoms with Crippen LogP contribution in [0.25, 0.3) is 0 Å². The lowest BCUT2D eigenvalue weighted by molar-refractivity contribution is 0.0797. The summed E-state index contributed by atoms with van der Waals surface area (Å²) in [5.74, 6) is 0.0358. The Balaban J connectivity index is 2.29. The van der Waals surface area contributed by atoms with Crippen molar-refractivity contribution in [2.75, 3.05) is 39.1 Å². The van der Waals surface area contributed by atoms with Crippen LogP contribution in [0.2, 0.25) is 0 Å². The van der Waals surface area contributed by atoms with Crippen molar-refractivity contribution in [3.8, 4) is 0 Å². The molecule has 0 saturated heterocycles. The second-order valence-corrected chi connectivity index (χ2v) is 5.24. The van der Waals surface area contributed by atoms with Gasteiger partial charge < -0.3 is 15.1 Å². The van der Waals surface area contributed by atoms with E-state index in [-0.39, 0.29) is 5.91 Å². The van der Waals surface area contributed by atoms with Crippen LogP contribution in [0.3, 0.4) is 0 Å². The van der Waals surface area contributed by atoms with Crippen LogP contribution in [-0.4, -0.2) is 45.0 Å². The van der Waals surface area contributed by atoms with Gasteiger partial charge in [0.05, 0.1) is 11.3 Å². The third-order valence-electron chi connectivity index (χ3n) is 3.68. The van der Waals surface area contributed by atoms with E-state index in [1.807, 2.05) is 80.6 Å². The van der Waals surface area contributed by atoms with E-state index in [9.17, 15) is 4.79 Å². The highest BCUT2D eigenvalue weighted by Crippen LogP contribution is 2.27. The van der Waals surface area contributed by atoms with Gasteiger partial charge in [0.15, 0.2) is 0 Å². The Labute approximate surface area is 132 Å². The van der Waals surface area contributed by atoms with Gasteiger partial charge in [0.1, 0.15) is 0 Å². The predicted molar refractivity (Wildman–Crippen MR) is 91.8 cm³/mol. The highest BCUT2D eigenvalue weighted by atomic mass is 16.2. The zero-order chi connectivity index (χ0) is 15.9. The monoisotopic (exact) mass is 297 g/mol. The highest BCUT2D eigenvalue weighted by Gasteiger charge is 2.17. The molecule has 116 valence electrons. The summed E-state index contributed by atoms with van der Waals surface area (Å²) in [6.45, 7) is 1.46. The van der Waals surface area contributed by atoms with E-state index in [2.05, 4.69) is 5.32 Å². The van der Waals surface area contributed by atoms with Crippen LogP contribution in [0.1, 0.15) is 10.4 Å². The number of rotatable bonds is 6. The lowest BCUT2D eigenvalue weighted by Gasteiger charge is -2.24. The van der Waals surface area contributed by atoms with Crippen LogP contribution in [0.5, 0.6) is 0 Å². The molecule has 0 atom stereocenters. The van der Waals surface area contributed by atoms with Crippen molar-refractivity contribution in [2.24, 2.45) is 0 Å². The number of nitrogens with zero attached hydrogens (tertiary/aromatic N) is 2. The summed E-state index contributed by atoms with van der Waals surface area (Å²) in [6, 6.07) is 17.8. The van der Waals surface area contributed by atoms with Crippen LogP contribution >= 0.6 is 0 Å². The highest BCUT2D eigenvalue weighted by molar-refractivity contribution is 6.00.